The molecule has 162 valence electrons. The maximum atomic E-state index is 10.8. The molecule has 4 rings (SSSR count). The number of carbonyl (C=O) groups is 1. The van der Waals surface area contributed by atoms with E-state index in [0.29, 0.717) is 35.1 Å². The van der Waals surface area contributed by atoms with Crippen LogP contribution >= 0.6 is 0 Å². The van der Waals surface area contributed by atoms with Crippen LogP contribution in [0.2, 0.25) is 0 Å². The smallest absolute Gasteiger partial charge is 0.305 e. The van der Waals surface area contributed by atoms with Gasteiger partial charge in [-0.2, -0.15) is 15.3 Å². The van der Waals surface area contributed by atoms with Gasteiger partial charge in [0.05, 0.1) is 36.3 Å². The molecule has 32 heavy (non-hydrogen) atoms. The molecule has 2 heterocycles. The number of rotatable bonds is 8. The molecule has 0 aliphatic heterocycles. The van der Waals surface area contributed by atoms with Crippen molar-refractivity contribution in [2.24, 2.45) is 0 Å². The predicted molar refractivity (Wildman–Crippen MR) is 116 cm³/mol. The lowest BCUT2D eigenvalue weighted by Crippen LogP contribution is -2.10. The second-order valence-electron chi connectivity index (χ2n) is 7.37. The van der Waals surface area contributed by atoms with Crippen molar-refractivity contribution >= 4 is 16.9 Å². The van der Waals surface area contributed by atoms with Gasteiger partial charge in [0.25, 0.3) is 5.89 Å². The van der Waals surface area contributed by atoms with E-state index in [-0.39, 0.29) is 12.5 Å². The molecular formula is C23H21N5O4. The van der Waals surface area contributed by atoms with Crippen LogP contribution in [0.5, 0.6) is 5.75 Å². The summed E-state index contributed by atoms with van der Waals surface area (Å²) in [5.41, 5.74) is 2.59. The van der Waals surface area contributed by atoms with Crippen molar-refractivity contribution in [1.29, 1.82) is 5.26 Å². The zero-order valence-corrected chi connectivity index (χ0v) is 17.6. The van der Waals surface area contributed by atoms with Crippen LogP contribution in [0.1, 0.15) is 32.3 Å². The Hall–Kier alpha value is -4.19. The van der Waals surface area contributed by atoms with E-state index in [1.807, 2.05) is 32.0 Å². The molecule has 1 atom stereocenters. The number of aliphatic carboxylic acids is 1. The van der Waals surface area contributed by atoms with Gasteiger partial charge in [-0.05, 0) is 49.7 Å². The van der Waals surface area contributed by atoms with Gasteiger partial charge in [-0.3, -0.25) is 9.48 Å². The lowest BCUT2D eigenvalue weighted by Gasteiger charge is -2.13. The van der Waals surface area contributed by atoms with Crippen molar-refractivity contribution in [3.8, 4) is 34.7 Å². The summed E-state index contributed by atoms with van der Waals surface area (Å²) < 4.78 is 12.9. The van der Waals surface area contributed by atoms with Gasteiger partial charge in [0, 0.05) is 16.5 Å². The van der Waals surface area contributed by atoms with Gasteiger partial charge >= 0.3 is 5.97 Å². The highest BCUT2D eigenvalue weighted by Crippen LogP contribution is 2.29. The van der Waals surface area contributed by atoms with E-state index in [0.717, 1.165) is 22.9 Å². The zero-order chi connectivity index (χ0) is 22.7. The minimum absolute atomic E-state index is 0.00138. The quantitative estimate of drug-likeness (QED) is 0.438. The first-order valence-electron chi connectivity index (χ1n) is 10.2. The summed E-state index contributed by atoms with van der Waals surface area (Å²) in [6.45, 7) is 4.26. The predicted octanol–water partition coefficient (Wildman–Crippen LogP) is 4.28. The summed E-state index contributed by atoms with van der Waals surface area (Å²) in [7, 11) is 0. The fraction of sp³-hybridized carbons (Fsp3) is 0.261. The molecule has 2 aromatic heterocycles. The highest BCUT2D eigenvalue weighted by molar-refractivity contribution is 5.83. The number of aromatic nitrogens is 4. The Kier molecular flexibility index (Phi) is 5.85. The first kappa shape index (κ1) is 21.1. The molecule has 1 N–H and O–H groups in total. The number of hydrogen-bond acceptors (Lipinski definition) is 7. The van der Waals surface area contributed by atoms with E-state index in [2.05, 4.69) is 21.3 Å². The molecule has 0 radical (unpaired) electrons. The fourth-order valence-corrected chi connectivity index (χ4v) is 3.22. The van der Waals surface area contributed by atoms with Crippen molar-refractivity contribution in [3.63, 3.8) is 0 Å². The minimum atomic E-state index is -0.872. The van der Waals surface area contributed by atoms with Crippen LogP contribution in [0.4, 0.5) is 0 Å². The van der Waals surface area contributed by atoms with Crippen molar-refractivity contribution in [3.05, 3.63) is 48.2 Å². The lowest BCUT2D eigenvalue weighted by molar-refractivity contribution is -0.137. The summed E-state index contributed by atoms with van der Waals surface area (Å²) in [6.07, 6.45) is 2.52. The van der Waals surface area contributed by atoms with Gasteiger partial charge in [-0.25, -0.2) is 0 Å². The Labute approximate surface area is 183 Å². The third-order valence-corrected chi connectivity index (χ3v) is 5.11. The first-order valence-corrected chi connectivity index (χ1v) is 10.2. The number of fused-ring (bicyclic) bond motifs is 1. The minimum Gasteiger partial charge on any atom is -0.489 e. The molecule has 0 spiro atoms. The molecular weight excluding hydrogens is 410 g/mol. The molecule has 0 unspecified atom stereocenters. The van der Waals surface area contributed by atoms with E-state index in [1.165, 1.54) is 0 Å². The number of carboxylic acid groups (broad SMARTS) is 1. The number of ether oxygens (including phenoxy) is 1. The van der Waals surface area contributed by atoms with Crippen LogP contribution in [0, 0.1) is 11.3 Å². The largest absolute Gasteiger partial charge is 0.489 e. The third kappa shape index (κ3) is 4.30. The van der Waals surface area contributed by atoms with E-state index in [1.54, 1.807) is 29.1 Å². The summed E-state index contributed by atoms with van der Waals surface area (Å²) in [5, 5.41) is 27.5. The van der Waals surface area contributed by atoms with E-state index in [9.17, 15) is 10.1 Å². The maximum absolute atomic E-state index is 10.8. The summed E-state index contributed by atoms with van der Waals surface area (Å²) in [6, 6.07) is 12.9. The molecule has 9 nitrogen and oxygen atoms in total. The van der Waals surface area contributed by atoms with Crippen molar-refractivity contribution in [2.75, 3.05) is 0 Å². The Balaban J connectivity index is 1.59. The molecule has 0 amide bonds. The molecule has 9 heteroatoms. The summed E-state index contributed by atoms with van der Waals surface area (Å²) >= 11 is 0. The average Bonchev–Trinajstić information content (AvgIpc) is 3.45. The zero-order valence-electron chi connectivity index (χ0n) is 17.6. The molecule has 0 aliphatic carbocycles. The molecule has 0 bridgehead atoms. The molecule has 4 aromatic rings. The van der Waals surface area contributed by atoms with Gasteiger partial charge in [-0.15, -0.1) is 0 Å². The number of aryl methyl sites for hydroxylation is 1. The molecule has 0 saturated heterocycles. The lowest BCUT2D eigenvalue weighted by atomic mass is 10.1. The Morgan fingerprint density at radius 2 is 2.09 bits per heavy atom. The second kappa shape index (κ2) is 8.89. The summed E-state index contributed by atoms with van der Waals surface area (Å²) in [5.74, 6) is 0.349. The number of nitrogens with zero attached hydrogens (tertiary/aromatic N) is 5. The fourth-order valence-electron chi connectivity index (χ4n) is 3.22. The van der Waals surface area contributed by atoms with Crippen molar-refractivity contribution < 1.29 is 19.2 Å². The van der Waals surface area contributed by atoms with Gasteiger partial charge in [0.1, 0.15) is 11.8 Å². The molecule has 2 aromatic carbocycles. The second-order valence-corrected chi connectivity index (χ2v) is 7.37. The van der Waals surface area contributed by atoms with Gasteiger partial charge in [-0.1, -0.05) is 12.1 Å². The highest BCUT2D eigenvalue weighted by Gasteiger charge is 2.15. The van der Waals surface area contributed by atoms with Crippen LogP contribution in [0.3, 0.4) is 0 Å². The molecule has 0 saturated carbocycles. The van der Waals surface area contributed by atoms with Gasteiger partial charge in [0.15, 0.2) is 0 Å². The van der Waals surface area contributed by atoms with Crippen LogP contribution in [-0.2, 0) is 11.3 Å². The normalized spacial score (nSPS) is 11.9. The monoisotopic (exact) mass is 431 g/mol. The Morgan fingerprint density at radius 3 is 2.84 bits per heavy atom. The number of hydrogen-bond donors (Lipinski definition) is 1. The Bertz CT molecular complexity index is 1320. The maximum Gasteiger partial charge on any atom is 0.305 e. The number of nitriles is 1. The SMILES string of the molecule is CC[C@@H](C)Oc1ccc(-c2nc(-c3ccc4c(cnn4CCC(=O)O)c3)no2)cc1C#N. The van der Waals surface area contributed by atoms with Crippen molar-refractivity contribution in [1.82, 2.24) is 19.9 Å². The van der Waals surface area contributed by atoms with Gasteiger partial charge < -0.3 is 14.4 Å². The number of benzene rings is 2. The first-order chi connectivity index (χ1) is 15.5. The standard InChI is InChI=1S/C23H21N5O4/c1-3-14(2)31-20-7-5-16(11-17(20)12-24)23-26-22(27-32-23)15-4-6-19-18(10-15)13-25-28(19)9-8-21(29)30/h4-7,10-11,13-14H,3,8-9H2,1-2H3,(H,29,30)/t14-/m1/s1. The third-order valence-electron chi connectivity index (χ3n) is 5.11. The average molecular weight is 431 g/mol. The van der Waals surface area contributed by atoms with Crippen LogP contribution in [0.25, 0.3) is 33.7 Å². The molecule has 0 aliphatic rings. The van der Waals surface area contributed by atoms with Crippen molar-refractivity contribution in [2.45, 2.75) is 39.3 Å². The van der Waals surface area contributed by atoms with Crippen LogP contribution < -0.4 is 4.74 Å². The van der Waals surface area contributed by atoms with Crippen LogP contribution in [-0.4, -0.2) is 37.1 Å². The van der Waals surface area contributed by atoms with Gasteiger partial charge in [0.2, 0.25) is 5.82 Å². The van der Waals surface area contributed by atoms with E-state index in [4.69, 9.17) is 14.4 Å². The Morgan fingerprint density at radius 1 is 1.28 bits per heavy atom. The van der Waals surface area contributed by atoms with Crippen LogP contribution in [0.15, 0.2) is 47.1 Å². The molecule has 0 fully saturated rings. The highest BCUT2D eigenvalue weighted by atomic mass is 16.5. The topological polar surface area (TPSA) is 127 Å². The summed E-state index contributed by atoms with van der Waals surface area (Å²) in [4.78, 5) is 15.3. The number of carboxylic acids is 1. The van der Waals surface area contributed by atoms with E-state index < -0.39 is 5.97 Å². The van der Waals surface area contributed by atoms with E-state index >= 15 is 0 Å².